The summed E-state index contributed by atoms with van der Waals surface area (Å²) in [6, 6.07) is 3.63. The summed E-state index contributed by atoms with van der Waals surface area (Å²) in [5.41, 5.74) is -0.499. The Balaban J connectivity index is 1.65. The van der Waals surface area contributed by atoms with Crippen molar-refractivity contribution >= 4 is 69.6 Å². The number of carbonyl (C=O) groups excluding carboxylic acids is 5. The van der Waals surface area contributed by atoms with Gasteiger partial charge in [-0.15, -0.1) is 0 Å². The quantitative estimate of drug-likeness (QED) is 0.215. The number of rotatable bonds is 6. The second-order valence-corrected chi connectivity index (χ2v) is 11.3. The van der Waals surface area contributed by atoms with Crippen molar-refractivity contribution in [2.45, 2.75) is 18.8 Å². The molecule has 6 rings (SSSR count). The SMILES string of the molecule is CN(C)C/C=C/C(=O)Nc1c2c(c3nc(Nc4ccc(F)c(Cl)c4)nc4c3c1OC(=O)/C=C\C(=O)O4)OC(=O)/C=C\C(=O)OC1OCC[C@@H]1O2. The Hall–Kier alpha value is -5.91. The molecule has 0 aliphatic carbocycles. The van der Waals surface area contributed by atoms with Gasteiger partial charge in [-0.05, 0) is 32.3 Å². The Morgan fingerprint density at radius 2 is 1.66 bits per heavy atom. The molecule has 0 saturated carbocycles. The van der Waals surface area contributed by atoms with E-state index in [2.05, 4.69) is 20.6 Å². The van der Waals surface area contributed by atoms with E-state index in [-0.39, 0.29) is 46.3 Å². The number of halogens is 2. The van der Waals surface area contributed by atoms with Crippen LogP contribution in [0.5, 0.6) is 23.1 Å². The highest BCUT2D eigenvalue weighted by molar-refractivity contribution is 6.31. The first-order valence-corrected chi connectivity index (χ1v) is 15.1. The first-order valence-electron chi connectivity index (χ1n) is 14.7. The van der Waals surface area contributed by atoms with E-state index in [1.165, 1.54) is 18.2 Å². The van der Waals surface area contributed by atoms with Gasteiger partial charge in [0.2, 0.25) is 29.8 Å². The minimum absolute atomic E-state index is 0.0905. The molecule has 1 fully saturated rings. The molecule has 2 aromatic carbocycles. The number of esters is 4. The van der Waals surface area contributed by atoms with Crippen LogP contribution in [0.1, 0.15) is 6.42 Å². The first-order chi connectivity index (χ1) is 23.9. The van der Waals surface area contributed by atoms with Crippen LogP contribution in [0.2, 0.25) is 5.02 Å². The van der Waals surface area contributed by atoms with Gasteiger partial charge in [-0.1, -0.05) is 17.7 Å². The van der Waals surface area contributed by atoms with Crippen LogP contribution in [-0.4, -0.2) is 84.3 Å². The van der Waals surface area contributed by atoms with E-state index in [0.29, 0.717) is 6.54 Å². The van der Waals surface area contributed by atoms with Crippen LogP contribution in [0.15, 0.2) is 54.7 Å². The second-order valence-electron chi connectivity index (χ2n) is 10.9. The van der Waals surface area contributed by atoms with Crippen LogP contribution in [0.3, 0.4) is 0 Å². The van der Waals surface area contributed by atoms with Gasteiger partial charge in [-0.2, -0.15) is 4.98 Å². The number of hydrogen-bond acceptors (Lipinski definition) is 15. The van der Waals surface area contributed by atoms with E-state index in [1.54, 1.807) is 25.1 Å². The number of nitrogens with zero attached hydrogens (tertiary/aromatic N) is 3. The zero-order chi connectivity index (χ0) is 35.5. The smallest absolute Gasteiger partial charge is 0.337 e. The van der Waals surface area contributed by atoms with Gasteiger partial charge in [-0.3, -0.25) is 4.79 Å². The van der Waals surface area contributed by atoms with Crippen molar-refractivity contribution in [1.82, 2.24) is 14.9 Å². The Morgan fingerprint density at radius 1 is 0.960 bits per heavy atom. The molecule has 50 heavy (non-hydrogen) atoms. The number of nitrogens with one attached hydrogen (secondary N) is 2. The molecular formula is C32H25ClFN5O11. The Bertz CT molecular complexity index is 2030. The molecule has 1 saturated heterocycles. The van der Waals surface area contributed by atoms with Crippen LogP contribution in [0, 0.1) is 5.82 Å². The minimum Gasteiger partial charge on any atom is -0.477 e. The molecule has 1 aromatic heterocycles. The molecule has 3 aromatic rings. The number of likely N-dealkylation sites (N-methyl/N-ethyl adjacent to an activating group) is 1. The third-order valence-electron chi connectivity index (χ3n) is 6.95. The summed E-state index contributed by atoms with van der Waals surface area (Å²) in [6.45, 7) is 0.471. The molecule has 0 radical (unpaired) electrons. The summed E-state index contributed by atoms with van der Waals surface area (Å²) in [4.78, 5) is 75.2. The third-order valence-corrected chi connectivity index (χ3v) is 7.23. The Kier molecular flexibility index (Phi) is 9.71. The largest absolute Gasteiger partial charge is 0.477 e. The molecule has 2 atom stereocenters. The molecule has 4 heterocycles. The molecule has 18 heteroatoms. The van der Waals surface area contributed by atoms with Crippen molar-refractivity contribution in [3.05, 3.63) is 65.5 Å². The average molecular weight is 710 g/mol. The number of fused-ring (bicyclic) bond motifs is 3. The summed E-state index contributed by atoms with van der Waals surface area (Å²) < 4.78 is 47.9. The van der Waals surface area contributed by atoms with Gasteiger partial charge in [0.15, 0.2) is 17.6 Å². The van der Waals surface area contributed by atoms with E-state index < -0.39 is 71.1 Å². The Morgan fingerprint density at radius 3 is 2.38 bits per heavy atom. The summed E-state index contributed by atoms with van der Waals surface area (Å²) in [6.07, 6.45) is 3.72. The fourth-order valence-corrected chi connectivity index (χ4v) is 4.97. The van der Waals surface area contributed by atoms with Crippen LogP contribution < -0.4 is 29.6 Å². The summed E-state index contributed by atoms with van der Waals surface area (Å²) >= 11 is 5.95. The van der Waals surface area contributed by atoms with E-state index in [1.807, 2.05) is 0 Å². The fourth-order valence-electron chi connectivity index (χ4n) is 4.79. The van der Waals surface area contributed by atoms with Crippen LogP contribution >= 0.6 is 11.6 Å². The highest BCUT2D eigenvalue weighted by Crippen LogP contribution is 2.53. The topological polar surface area (TPSA) is 194 Å². The number of hydrogen-bond donors (Lipinski definition) is 2. The normalized spacial score (nSPS) is 20.1. The number of ether oxygens (including phenoxy) is 6. The molecule has 0 bridgehead atoms. The highest BCUT2D eigenvalue weighted by atomic mass is 35.5. The van der Waals surface area contributed by atoms with E-state index >= 15 is 0 Å². The maximum absolute atomic E-state index is 13.9. The maximum Gasteiger partial charge on any atom is 0.337 e. The minimum atomic E-state index is -1.27. The van der Waals surface area contributed by atoms with Gasteiger partial charge in [0.25, 0.3) is 0 Å². The molecule has 1 amide bonds. The van der Waals surface area contributed by atoms with Crippen LogP contribution in [0.25, 0.3) is 10.9 Å². The lowest BCUT2D eigenvalue weighted by Crippen LogP contribution is -2.32. The number of aromatic nitrogens is 2. The van der Waals surface area contributed by atoms with Gasteiger partial charge in [0.05, 0.1) is 11.6 Å². The molecule has 0 spiro atoms. The molecule has 3 aliphatic rings. The number of amides is 1. The summed E-state index contributed by atoms with van der Waals surface area (Å²) in [7, 11) is 3.57. The lowest BCUT2D eigenvalue weighted by Gasteiger charge is -2.25. The Labute approximate surface area is 286 Å². The zero-order valence-electron chi connectivity index (χ0n) is 26.1. The molecule has 3 aliphatic heterocycles. The van der Waals surface area contributed by atoms with Crippen molar-refractivity contribution in [2.24, 2.45) is 0 Å². The lowest BCUT2D eigenvalue weighted by molar-refractivity contribution is -0.174. The fraction of sp³-hybridized carbons (Fsp3) is 0.219. The molecular weight excluding hydrogens is 685 g/mol. The molecule has 16 nitrogen and oxygen atoms in total. The number of benzene rings is 2. The molecule has 1 unspecified atom stereocenters. The standard InChI is InChI=1S/C32H25ClFN5O11/c1-39(2)12-3-4-19(40)36-26-27-24-25(28-29(26)46-18-11-13-45-31(18)50-23(44)10-8-21(42)48-28)37-32(35-15-5-6-17(34)16(33)14-15)38-30(24)49-22(43)9-7-20(41)47-27/h3-10,14,18,31H,11-13H2,1-2H3,(H,36,40)(H,35,37,38)/b4-3+,9-7-,10-8-/t18-,31?/m0/s1. The third kappa shape index (κ3) is 7.54. The van der Waals surface area contributed by atoms with Gasteiger partial charge < -0.3 is 44.0 Å². The van der Waals surface area contributed by atoms with Gasteiger partial charge in [-0.25, -0.2) is 28.6 Å². The van der Waals surface area contributed by atoms with Crippen molar-refractivity contribution in [2.75, 3.05) is 37.9 Å². The van der Waals surface area contributed by atoms with Crippen molar-refractivity contribution in [1.29, 1.82) is 0 Å². The van der Waals surface area contributed by atoms with Gasteiger partial charge >= 0.3 is 23.9 Å². The zero-order valence-corrected chi connectivity index (χ0v) is 26.8. The predicted molar refractivity (Wildman–Crippen MR) is 171 cm³/mol. The van der Waals surface area contributed by atoms with Crippen LogP contribution in [0.4, 0.5) is 21.7 Å². The van der Waals surface area contributed by atoms with E-state index in [4.69, 9.17) is 40.0 Å². The molecule has 2 N–H and O–H groups in total. The maximum atomic E-state index is 13.9. The van der Waals surface area contributed by atoms with E-state index in [9.17, 15) is 28.4 Å². The summed E-state index contributed by atoms with van der Waals surface area (Å²) in [5, 5.41) is 4.85. The van der Waals surface area contributed by atoms with Crippen molar-refractivity contribution < 1.29 is 56.8 Å². The number of anilines is 3. The predicted octanol–water partition coefficient (Wildman–Crippen LogP) is 3.12. The molecule has 258 valence electrons. The lowest BCUT2D eigenvalue weighted by atomic mass is 10.1. The van der Waals surface area contributed by atoms with Crippen molar-refractivity contribution in [3.8, 4) is 23.1 Å². The monoisotopic (exact) mass is 709 g/mol. The number of carbonyl (C=O) groups is 5. The van der Waals surface area contributed by atoms with Crippen LogP contribution in [-0.2, 0) is 33.4 Å². The average Bonchev–Trinajstić information content (AvgIpc) is 3.50. The van der Waals surface area contributed by atoms with E-state index in [0.717, 1.165) is 30.4 Å². The van der Waals surface area contributed by atoms with Gasteiger partial charge in [0, 0.05) is 49.0 Å². The van der Waals surface area contributed by atoms with Gasteiger partial charge in [0.1, 0.15) is 22.4 Å². The first kappa shape index (κ1) is 34.0. The highest BCUT2D eigenvalue weighted by Gasteiger charge is 2.39. The van der Waals surface area contributed by atoms with Crippen molar-refractivity contribution in [3.63, 3.8) is 0 Å². The summed E-state index contributed by atoms with van der Waals surface area (Å²) in [5.74, 6) is -7.80. The second kappa shape index (κ2) is 14.3.